The molecule has 1 aromatic carbocycles. The molecule has 0 bridgehead atoms. The second-order valence-corrected chi connectivity index (χ2v) is 7.37. The van der Waals surface area contributed by atoms with Gasteiger partial charge < -0.3 is 14.6 Å². The van der Waals surface area contributed by atoms with Gasteiger partial charge >= 0.3 is 0 Å². The second-order valence-electron chi connectivity index (χ2n) is 7.37. The molecule has 0 aromatic heterocycles. The van der Waals surface area contributed by atoms with E-state index in [0.29, 0.717) is 12.5 Å². The molecule has 134 valence electrons. The lowest BCUT2D eigenvalue weighted by Gasteiger charge is -2.47. The zero-order valence-corrected chi connectivity index (χ0v) is 14.9. The molecule has 0 spiro atoms. The Labute approximate surface area is 145 Å². The Morgan fingerprint density at radius 3 is 3.04 bits per heavy atom. The molecule has 1 aliphatic carbocycles. The Hall–Kier alpha value is -1.10. The number of likely N-dealkylation sites (tertiary alicyclic amines) is 1. The van der Waals surface area contributed by atoms with Gasteiger partial charge in [-0.2, -0.15) is 0 Å². The smallest absolute Gasteiger partial charge is 0.119 e. The summed E-state index contributed by atoms with van der Waals surface area (Å²) in [7, 11) is 1.71. The predicted octanol–water partition coefficient (Wildman–Crippen LogP) is 3.23. The fraction of sp³-hybridized carbons (Fsp3) is 0.700. The average molecular weight is 333 g/mol. The Bertz CT molecular complexity index is 521. The number of piperidine rings is 1. The lowest BCUT2D eigenvalue weighted by molar-refractivity contribution is -0.0967. The molecule has 1 saturated heterocycles. The molecular formula is C20H31NO3. The van der Waals surface area contributed by atoms with Gasteiger partial charge in [0.15, 0.2) is 0 Å². The van der Waals surface area contributed by atoms with Gasteiger partial charge in [-0.05, 0) is 37.0 Å². The van der Waals surface area contributed by atoms with Crippen LogP contribution in [0, 0.1) is 5.92 Å². The van der Waals surface area contributed by atoms with Crippen LogP contribution in [0.3, 0.4) is 0 Å². The van der Waals surface area contributed by atoms with Crippen LogP contribution >= 0.6 is 0 Å². The van der Waals surface area contributed by atoms with Gasteiger partial charge in [0.1, 0.15) is 5.75 Å². The molecule has 1 N–H and O–H groups in total. The molecule has 24 heavy (non-hydrogen) atoms. The monoisotopic (exact) mass is 333 g/mol. The summed E-state index contributed by atoms with van der Waals surface area (Å²) in [5.74, 6) is 1.39. The summed E-state index contributed by atoms with van der Waals surface area (Å²) >= 11 is 0. The number of fused-ring (bicyclic) bond motifs is 1. The Morgan fingerprint density at radius 2 is 2.17 bits per heavy atom. The summed E-state index contributed by atoms with van der Waals surface area (Å²) in [5.41, 5.74) is 0.904. The largest absolute Gasteiger partial charge is 0.493 e. The Morgan fingerprint density at radius 1 is 1.25 bits per heavy atom. The minimum absolute atomic E-state index is 0.388. The number of nitrogens with zero attached hydrogens (tertiary/aromatic N) is 1. The van der Waals surface area contributed by atoms with Crippen molar-refractivity contribution in [3.05, 3.63) is 29.8 Å². The van der Waals surface area contributed by atoms with Crippen molar-refractivity contribution < 1.29 is 14.6 Å². The van der Waals surface area contributed by atoms with Crippen molar-refractivity contribution in [2.24, 2.45) is 5.92 Å². The van der Waals surface area contributed by atoms with Crippen LogP contribution in [0.25, 0.3) is 0 Å². The zero-order chi connectivity index (χ0) is 16.8. The van der Waals surface area contributed by atoms with Gasteiger partial charge in [-0.1, -0.05) is 25.0 Å². The first kappa shape index (κ1) is 17.7. The normalized spacial score (nSPS) is 27.7. The van der Waals surface area contributed by atoms with Crippen molar-refractivity contribution in [1.29, 1.82) is 0 Å². The zero-order valence-electron chi connectivity index (χ0n) is 14.9. The highest BCUT2D eigenvalue weighted by molar-refractivity contribution is 5.28. The highest BCUT2D eigenvalue weighted by Crippen LogP contribution is 2.40. The molecule has 0 amide bonds. The van der Waals surface area contributed by atoms with Crippen LogP contribution in [0.1, 0.15) is 44.1 Å². The van der Waals surface area contributed by atoms with Gasteiger partial charge in [-0.25, -0.2) is 0 Å². The van der Waals surface area contributed by atoms with Gasteiger partial charge in [0.05, 0.1) is 12.2 Å². The van der Waals surface area contributed by atoms with Crippen molar-refractivity contribution >= 4 is 0 Å². The SMILES string of the molecule is COCCCOc1cccc(CN2CCC3(O)CCCCC3C2)c1. The first-order valence-corrected chi connectivity index (χ1v) is 9.35. The molecule has 1 aliphatic heterocycles. The predicted molar refractivity (Wildman–Crippen MR) is 95.2 cm³/mol. The number of ether oxygens (including phenoxy) is 2. The minimum Gasteiger partial charge on any atom is -0.493 e. The van der Waals surface area contributed by atoms with Crippen molar-refractivity contribution in [2.75, 3.05) is 33.4 Å². The van der Waals surface area contributed by atoms with E-state index < -0.39 is 0 Å². The van der Waals surface area contributed by atoms with E-state index in [4.69, 9.17) is 9.47 Å². The van der Waals surface area contributed by atoms with Gasteiger partial charge in [0, 0.05) is 45.7 Å². The van der Waals surface area contributed by atoms with E-state index in [1.165, 1.54) is 24.8 Å². The quantitative estimate of drug-likeness (QED) is 0.778. The third-order valence-corrected chi connectivity index (χ3v) is 5.58. The first-order chi connectivity index (χ1) is 11.7. The molecule has 1 aromatic rings. The molecule has 2 atom stereocenters. The van der Waals surface area contributed by atoms with Crippen molar-refractivity contribution in [3.8, 4) is 5.75 Å². The highest BCUT2D eigenvalue weighted by Gasteiger charge is 2.42. The van der Waals surface area contributed by atoms with E-state index in [1.807, 2.05) is 6.07 Å². The number of benzene rings is 1. The molecule has 4 nitrogen and oxygen atoms in total. The fourth-order valence-electron chi connectivity index (χ4n) is 4.17. The van der Waals surface area contributed by atoms with Gasteiger partial charge in [-0.3, -0.25) is 4.90 Å². The van der Waals surface area contributed by atoms with E-state index in [-0.39, 0.29) is 5.60 Å². The summed E-state index contributed by atoms with van der Waals surface area (Å²) in [6, 6.07) is 8.41. The van der Waals surface area contributed by atoms with Crippen molar-refractivity contribution in [2.45, 2.75) is 50.7 Å². The van der Waals surface area contributed by atoms with E-state index in [0.717, 1.165) is 51.3 Å². The van der Waals surface area contributed by atoms with Gasteiger partial charge in [-0.15, -0.1) is 0 Å². The average Bonchev–Trinajstić information content (AvgIpc) is 2.59. The lowest BCUT2D eigenvalue weighted by Crippen LogP contribution is -2.52. The van der Waals surface area contributed by atoms with Crippen LogP contribution in [0.4, 0.5) is 0 Å². The van der Waals surface area contributed by atoms with E-state index in [9.17, 15) is 5.11 Å². The number of aliphatic hydroxyl groups is 1. The fourth-order valence-corrected chi connectivity index (χ4v) is 4.17. The molecule has 3 rings (SSSR count). The molecule has 0 radical (unpaired) electrons. The minimum atomic E-state index is -0.388. The second kappa shape index (κ2) is 8.32. The van der Waals surface area contributed by atoms with E-state index in [2.05, 4.69) is 23.1 Å². The standard InChI is InChI=1S/C20H31NO3/c1-23-12-5-13-24-19-8-4-6-17(14-19)15-21-11-10-20(22)9-3-2-7-18(20)16-21/h4,6,8,14,18,22H,2-3,5,7,9-13,15-16H2,1H3. The maximum atomic E-state index is 10.8. The number of hydrogen-bond donors (Lipinski definition) is 1. The summed E-state index contributed by atoms with van der Waals surface area (Å²) in [6.07, 6.45) is 6.46. The summed E-state index contributed by atoms with van der Waals surface area (Å²) < 4.78 is 10.8. The van der Waals surface area contributed by atoms with Gasteiger partial charge in [0.25, 0.3) is 0 Å². The Balaban J connectivity index is 1.52. The van der Waals surface area contributed by atoms with Crippen LogP contribution in [0.5, 0.6) is 5.75 Å². The van der Waals surface area contributed by atoms with Gasteiger partial charge in [0.2, 0.25) is 0 Å². The van der Waals surface area contributed by atoms with E-state index in [1.54, 1.807) is 7.11 Å². The van der Waals surface area contributed by atoms with E-state index >= 15 is 0 Å². The highest BCUT2D eigenvalue weighted by atomic mass is 16.5. The first-order valence-electron chi connectivity index (χ1n) is 9.35. The number of rotatable bonds is 7. The number of hydrogen-bond acceptors (Lipinski definition) is 4. The molecule has 2 aliphatic rings. The molecule has 2 fully saturated rings. The number of methoxy groups -OCH3 is 1. The molecule has 1 heterocycles. The summed E-state index contributed by atoms with van der Waals surface area (Å²) in [6.45, 7) is 4.39. The van der Waals surface area contributed by atoms with Crippen LogP contribution in [-0.4, -0.2) is 49.0 Å². The maximum absolute atomic E-state index is 10.8. The summed E-state index contributed by atoms with van der Waals surface area (Å²) in [4.78, 5) is 2.49. The molecule has 4 heteroatoms. The summed E-state index contributed by atoms with van der Waals surface area (Å²) in [5, 5.41) is 10.8. The van der Waals surface area contributed by atoms with Crippen LogP contribution in [0.2, 0.25) is 0 Å². The topological polar surface area (TPSA) is 41.9 Å². The lowest BCUT2D eigenvalue weighted by atomic mass is 9.71. The van der Waals surface area contributed by atoms with Crippen LogP contribution < -0.4 is 4.74 Å². The molecule has 2 unspecified atom stereocenters. The molecule has 1 saturated carbocycles. The van der Waals surface area contributed by atoms with Crippen molar-refractivity contribution in [1.82, 2.24) is 4.90 Å². The Kier molecular flexibility index (Phi) is 6.14. The molecular weight excluding hydrogens is 302 g/mol. The van der Waals surface area contributed by atoms with Crippen LogP contribution in [0.15, 0.2) is 24.3 Å². The third kappa shape index (κ3) is 4.50. The third-order valence-electron chi connectivity index (χ3n) is 5.58. The van der Waals surface area contributed by atoms with Crippen LogP contribution in [-0.2, 0) is 11.3 Å². The maximum Gasteiger partial charge on any atom is 0.119 e. The van der Waals surface area contributed by atoms with Crippen molar-refractivity contribution in [3.63, 3.8) is 0 Å².